The summed E-state index contributed by atoms with van der Waals surface area (Å²) in [6.45, 7) is 4.32. The Kier molecular flexibility index (Phi) is 6.16. The van der Waals surface area contributed by atoms with Gasteiger partial charge in [-0.25, -0.2) is 8.42 Å². The van der Waals surface area contributed by atoms with Gasteiger partial charge in [0.2, 0.25) is 10.0 Å². The second kappa shape index (κ2) is 8.37. The molecule has 1 aromatic carbocycles. The lowest BCUT2D eigenvalue weighted by atomic mass is 10.2. The molecule has 0 aromatic heterocycles. The molecule has 0 unspecified atom stereocenters. The van der Waals surface area contributed by atoms with Crippen LogP contribution in [0.4, 0.5) is 0 Å². The summed E-state index contributed by atoms with van der Waals surface area (Å²) < 4.78 is 38.4. The van der Waals surface area contributed by atoms with Gasteiger partial charge in [0.15, 0.2) is 0 Å². The molecule has 7 nitrogen and oxygen atoms in total. The van der Waals surface area contributed by atoms with E-state index < -0.39 is 10.0 Å². The summed E-state index contributed by atoms with van der Waals surface area (Å²) in [5.74, 6) is -0.0171. The standard InChI is InChI=1S/C18H26N2O5S/c1-2-24-16-8-7-14(18(21)19-13-15-6-5-11-25-15)12-17(16)26(22,23)20-9-3-4-10-20/h7-8,12,15H,2-6,9-11,13H2,1H3,(H,19,21)/t15-/m1/s1. The molecule has 2 saturated heterocycles. The highest BCUT2D eigenvalue weighted by Crippen LogP contribution is 2.30. The monoisotopic (exact) mass is 382 g/mol. The Balaban J connectivity index is 1.82. The molecule has 0 aliphatic carbocycles. The first kappa shape index (κ1) is 19.1. The lowest BCUT2D eigenvalue weighted by Gasteiger charge is -2.19. The van der Waals surface area contributed by atoms with Gasteiger partial charge in [0, 0.05) is 31.8 Å². The number of rotatable bonds is 7. The molecule has 2 heterocycles. The molecule has 2 aliphatic rings. The van der Waals surface area contributed by atoms with Crippen molar-refractivity contribution in [2.75, 3.05) is 32.8 Å². The number of sulfonamides is 1. The molecule has 8 heteroatoms. The highest BCUT2D eigenvalue weighted by Gasteiger charge is 2.31. The third kappa shape index (κ3) is 4.19. The molecule has 1 atom stereocenters. The fourth-order valence-electron chi connectivity index (χ4n) is 3.31. The molecular weight excluding hydrogens is 356 g/mol. The lowest BCUT2D eigenvalue weighted by Crippen LogP contribution is -2.32. The van der Waals surface area contributed by atoms with Crippen LogP contribution in [-0.4, -0.2) is 57.6 Å². The summed E-state index contributed by atoms with van der Waals surface area (Å²) in [5, 5.41) is 2.83. The Hall–Kier alpha value is -1.64. The highest BCUT2D eigenvalue weighted by molar-refractivity contribution is 7.89. The van der Waals surface area contributed by atoms with E-state index in [1.165, 1.54) is 10.4 Å². The number of benzene rings is 1. The third-order valence-electron chi connectivity index (χ3n) is 4.70. The molecular formula is C18H26N2O5S. The zero-order valence-corrected chi connectivity index (χ0v) is 15.9. The normalized spacial score (nSPS) is 21.0. The van der Waals surface area contributed by atoms with Crippen LogP contribution in [0, 0.1) is 0 Å². The summed E-state index contributed by atoms with van der Waals surface area (Å²) in [7, 11) is -3.67. The van der Waals surface area contributed by atoms with Gasteiger partial charge in [-0.3, -0.25) is 4.79 Å². The van der Waals surface area contributed by atoms with Gasteiger partial charge in [0.05, 0.1) is 12.7 Å². The Morgan fingerprint density at radius 1 is 1.31 bits per heavy atom. The fraction of sp³-hybridized carbons (Fsp3) is 0.611. The van der Waals surface area contributed by atoms with Crippen molar-refractivity contribution in [1.29, 1.82) is 0 Å². The number of carbonyl (C=O) groups excluding carboxylic acids is 1. The topological polar surface area (TPSA) is 84.9 Å². The summed E-state index contributed by atoms with van der Waals surface area (Å²) in [6.07, 6.45) is 3.67. The van der Waals surface area contributed by atoms with Crippen LogP contribution < -0.4 is 10.1 Å². The molecule has 2 fully saturated rings. The SMILES string of the molecule is CCOc1ccc(C(=O)NC[C@H]2CCCO2)cc1S(=O)(=O)N1CCCC1. The molecule has 144 valence electrons. The van der Waals surface area contributed by atoms with Crippen LogP contribution in [0.5, 0.6) is 5.75 Å². The number of ether oxygens (including phenoxy) is 2. The molecule has 0 spiro atoms. The Labute approximate surface area is 154 Å². The van der Waals surface area contributed by atoms with Crippen molar-refractivity contribution in [2.45, 2.75) is 43.6 Å². The summed E-state index contributed by atoms with van der Waals surface area (Å²) in [4.78, 5) is 12.5. The maximum Gasteiger partial charge on any atom is 0.251 e. The van der Waals surface area contributed by atoms with Crippen LogP contribution in [0.25, 0.3) is 0 Å². The molecule has 0 bridgehead atoms. The van der Waals surface area contributed by atoms with Crippen LogP contribution in [0.3, 0.4) is 0 Å². The predicted octanol–water partition coefficient (Wildman–Crippen LogP) is 1.78. The summed E-state index contributed by atoms with van der Waals surface area (Å²) in [6, 6.07) is 4.58. The number of nitrogens with one attached hydrogen (secondary N) is 1. The average Bonchev–Trinajstić information content (AvgIpc) is 3.34. The van der Waals surface area contributed by atoms with Crippen molar-refractivity contribution < 1.29 is 22.7 Å². The largest absolute Gasteiger partial charge is 0.492 e. The van der Waals surface area contributed by atoms with Crippen LogP contribution >= 0.6 is 0 Å². The van der Waals surface area contributed by atoms with E-state index in [-0.39, 0.29) is 22.7 Å². The van der Waals surface area contributed by atoms with Crippen LogP contribution in [0.2, 0.25) is 0 Å². The first-order valence-corrected chi connectivity index (χ1v) is 10.6. The predicted molar refractivity (Wildman–Crippen MR) is 96.9 cm³/mol. The van der Waals surface area contributed by atoms with Gasteiger partial charge in [-0.1, -0.05) is 0 Å². The van der Waals surface area contributed by atoms with E-state index >= 15 is 0 Å². The fourth-order valence-corrected chi connectivity index (χ4v) is 4.98. The zero-order valence-electron chi connectivity index (χ0n) is 15.1. The molecule has 1 amide bonds. The van der Waals surface area contributed by atoms with Crippen LogP contribution in [0.15, 0.2) is 23.1 Å². The summed E-state index contributed by atoms with van der Waals surface area (Å²) >= 11 is 0. The number of amides is 1. The van der Waals surface area contributed by atoms with E-state index in [9.17, 15) is 13.2 Å². The first-order chi connectivity index (χ1) is 12.5. The minimum Gasteiger partial charge on any atom is -0.492 e. The first-order valence-electron chi connectivity index (χ1n) is 9.19. The van der Waals surface area contributed by atoms with Gasteiger partial charge in [-0.15, -0.1) is 0 Å². The second-order valence-corrected chi connectivity index (χ2v) is 8.46. The van der Waals surface area contributed by atoms with Crippen molar-refractivity contribution in [1.82, 2.24) is 9.62 Å². The van der Waals surface area contributed by atoms with Crippen molar-refractivity contribution in [3.63, 3.8) is 0 Å². The molecule has 26 heavy (non-hydrogen) atoms. The Morgan fingerprint density at radius 2 is 2.08 bits per heavy atom. The third-order valence-corrected chi connectivity index (χ3v) is 6.62. The quantitative estimate of drug-likeness (QED) is 0.777. The van der Waals surface area contributed by atoms with E-state index in [1.54, 1.807) is 19.1 Å². The van der Waals surface area contributed by atoms with Crippen molar-refractivity contribution in [3.05, 3.63) is 23.8 Å². The van der Waals surface area contributed by atoms with E-state index in [1.807, 2.05) is 0 Å². The molecule has 0 radical (unpaired) electrons. The maximum absolute atomic E-state index is 13.0. The van der Waals surface area contributed by atoms with E-state index in [0.717, 1.165) is 32.3 Å². The van der Waals surface area contributed by atoms with E-state index in [0.29, 0.717) is 31.8 Å². The minimum atomic E-state index is -3.67. The second-order valence-electron chi connectivity index (χ2n) is 6.55. The Bertz CT molecular complexity index is 738. The number of carbonyl (C=O) groups is 1. The smallest absolute Gasteiger partial charge is 0.251 e. The van der Waals surface area contributed by atoms with Gasteiger partial charge in [0.25, 0.3) is 5.91 Å². The number of hydrogen-bond acceptors (Lipinski definition) is 5. The van der Waals surface area contributed by atoms with Gasteiger partial charge in [-0.05, 0) is 50.8 Å². The van der Waals surface area contributed by atoms with Crippen molar-refractivity contribution in [3.8, 4) is 5.75 Å². The summed E-state index contributed by atoms with van der Waals surface area (Å²) in [5.41, 5.74) is 0.309. The number of nitrogens with zero attached hydrogens (tertiary/aromatic N) is 1. The van der Waals surface area contributed by atoms with Crippen molar-refractivity contribution in [2.24, 2.45) is 0 Å². The van der Waals surface area contributed by atoms with Gasteiger partial charge < -0.3 is 14.8 Å². The van der Waals surface area contributed by atoms with Gasteiger partial charge in [0.1, 0.15) is 10.6 Å². The molecule has 0 saturated carbocycles. The van der Waals surface area contributed by atoms with Gasteiger partial charge >= 0.3 is 0 Å². The maximum atomic E-state index is 13.0. The minimum absolute atomic E-state index is 0.0365. The lowest BCUT2D eigenvalue weighted by molar-refractivity contribution is 0.0857. The Morgan fingerprint density at radius 3 is 2.73 bits per heavy atom. The molecule has 1 N–H and O–H groups in total. The zero-order chi connectivity index (χ0) is 18.6. The van der Waals surface area contributed by atoms with E-state index in [4.69, 9.17) is 9.47 Å². The van der Waals surface area contributed by atoms with Crippen molar-refractivity contribution >= 4 is 15.9 Å². The van der Waals surface area contributed by atoms with Crippen LogP contribution in [-0.2, 0) is 14.8 Å². The molecule has 3 rings (SSSR count). The average molecular weight is 382 g/mol. The number of hydrogen-bond donors (Lipinski definition) is 1. The molecule has 1 aromatic rings. The van der Waals surface area contributed by atoms with E-state index in [2.05, 4.69) is 5.32 Å². The van der Waals surface area contributed by atoms with Crippen LogP contribution in [0.1, 0.15) is 43.0 Å². The molecule has 2 aliphatic heterocycles. The highest BCUT2D eigenvalue weighted by atomic mass is 32.2. The van der Waals surface area contributed by atoms with Gasteiger partial charge in [-0.2, -0.15) is 4.31 Å².